The van der Waals surface area contributed by atoms with Crippen LogP contribution in [0, 0.1) is 19.7 Å². The zero-order chi connectivity index (χ0) is 17.8. The first-order chi connectivity index (χ1) is 12.0. The maximum absolute atomic E-state index is 12.9. The zero-order valence-electron chi connectivity index (χ0n) is 14.0. The Kier molecular flexibility index (Phi) is 4.74. The molecule has 0 spiro atoms. The molecule has 3 N–H and O–H groups in total. The highest BCUT2D eigenvalue weighted by Gasteiger charge is 2.06. The van der Waals surface area contributed by atoms with Crippen LogP contribution in [0.25, 0.3) is 0 Å². The molecule has 0 radical (unpaired) electrons. The van der Waals surface area contributed by atoms with Gasteiger partial charge in [-0.2, -0.15) is 4.98 Å². The van der Waals surface area contributed by atoms with Gasteiger partial charge in [0.1, 0.15) is 17.4 Å². The van der Waals surface area contributed by atoms with E-state index in [-0.39, 0.29) is 11.8 Å². The molecule has 0 aliphatic heterocycles. The van der Waals surface area contributed by atoms with Gasteiger partial charge in [0.2, 0.25) is 11.8 Å². The minimum atomic E-state index is -0.308. The predicted octanol–water partition coefficient (Wildman–Crippen LogP) is 3.61. The molecule has 3 aromatic rings. The first-order valence-electron chi connectivity index (χ1n) is 7.74. The number of rotatable bonds is 5. The molecular formula is C18H18FN5O. The lowest BCUT2D eigenvalue weighted by Gasteiger charge is -2.11. The normalized spacial score (nSPS) is 10.5. The van der Waals surface area contributed by atoms with Crippen LogP contribution in [-0.4, -0.2) is 15.0 Å². The van der Waals surface area contributed by atoms with E-state index in [0.29, 0.717) is 24.0 Å². The van der Waals surface area contributed by atoms with E-state index in [2.05, 4.69) is 20.3 Å². The molecule has 6 nitrogen and oxygen atoms in total. The van der Waals surface area contributed by atoms with Crippen molar-refractivity contribution in [2.45, 2.75) is 20.4 Å². The Morgan fingerprint density at radius 2 is 1.84 bits per heavy atom. The van der Waals surface area contributed by atoms with E-state index < -0.39 is 0 Å². The Morgan fingerprint density at radius 3 is 2.52 bits per heavy atom. The van der Waals surface area contributed by atoms with Gasteiger partial charge in [0, 0.05) is 30.1 Å². The fourth-order valence-corrected chi connectivity index (χ4v) is 2.21. The summed E-state index contributed by atoms with van der Waals surface area (Å²) in [5.74, 6) is 1.61. The predicted molar refractivity (Wildman–Crippen MR) is 94.0 cm³/mol. The van der Waals surface area contributed by atoms with Crippen LogP contribution < -0.4 is 15.8 Å². The van der Waals surface area contributed by atoms with Crippen molar-refractivity contribution >= 4 is 11.8 Å². The van der Waals surface area contributed by atoms with E-state index in [1.807, 2.05) is 19.9 Å². The van der Waals surface area contributed by atoms with Crippen molar-refractivity contribution in [1.29, 1.82) is 0 Å². The zero-order valence-corrected chi connectivity index (χ0v) is 14.0. The van der Waals surface area contributed by atoms with Gasteiger partial charge in [-0.25, -0.2) is 14.4 Å². The summed E-state index contributed by atoms with van der Waals surface area (Å²) < 4.78 is 18.5. The molecule has 0 saturated heterocycles. The lowest BCUT2D eigenvalue weighted by Crippen LogP contribution is -2.08. The Balaban J connectivity index is 1.64. The molecule has 0 bridgehead atoms. The highest BCUT2D eigenvalue weighted by molar-refractivity contribution is 5.48. The van der Waals surface area contributed by atoms with Crippen LogP contribution >= 0.6 is 0 Å². The number of anilines is 2. The Morgan fingerprint density at radius 1 is 1.08 bits per heavy atom. The van der Waals surface area contributed by atoms with Crippen molar-refractivity contribution in [3.8, 4) is 11.6 Å². The van der Waals surface area contributed by atoms with Gasteiger partial charge in [-0.15, -0.1) is 0 Å². The molecule has 0 amide bonds. The lowest BCUT2D eigenvalue weighted by molar-refractivity contribution is 0.461. The van der Waals surface area contributed by atoms with Crippen LogP contribution in [0.3, 0.4) is 0 Å². The van der Waals surface area contributed by atoms with Crippen LogP contribution in [0.2, 0.25) is 0 Å². The number of hydrogen-bond donors (Lipinski definition) is 2. The van der Waals surface area contributed by atoms with Gasteiger partial charge in [-0.1, -0.05) is 6.07 Å². The maximum Gasteiger partial charge on any atom is 0.222 e. The molecule has 7 heteroatoms. The van der Waals surface area contributed by atoms with Gasteiger partial charge in [0.15, 0.2) is 0 Å². The average molecular weight is 339 g/mol. The van der Waals surface area contributed by atoms with Crippen molar-refractivity contribution in [2.24, 2.45) is 0 Å². The van der Waals surface area contributed by atoms with Crippen molar-refractivity contribution in [1.82, 2.24) is 15.0 Å². The second kappa shape index (κ2) is 7.12. The number of ether oxygens (including phenoxy) is 1. The van der Waals surface area contributed by atoms with Crippen LogP contribution in [0.1, 0.15) is 16.8 Å². The van der Waals surface area contributed by atoms with Crippen molar-refractivity contribution in [3.63, 3.8) is 0 Å². The first kappa shape index (κ1) is 16.6. The van der Waals surface area contributed by atoms with Gasteiger partial charge in [-0.3, -0.25) is 0 Å². The average Bonchev–Trinajstić information content (AvgIpc) is 2.60. The van der Waals surface area contributed by atoms with E-state index in [1.54, 1.807) is 24.4 Å². The van der Waals surface area contributed by atoms with Crippen molar-refractivity contribution in [3.05, 3.63) is 65.2 Å². The SMILES string of the molecule is Cc1nc(N)nc(NCc2ccc(Oc3ccc(F)cc3)nc2)c1C. The Labute approximate surface area is 144 Å². The molecule has 1 aromatic carbocycles. The van der Waals surface area contributed by atoms with Crippen molar-refractivity contribution < 1.29 is 9.13 Å². The topological polar surface area (TPSA) is 86.0 Å². The molecule has 0 aliphatic carbocycles. The van der Waals surface area contributed by atoms with Gasteiger partial charge in [0.05, 0.1) is 0 Å². The van der Waals surface area contributed by atoms with E-state index in [1.165, 1.54) is 12.1 Å². The molecule has 2 heterocycles. The second-order valence-electron chi connectivity index (χ2n) is 5.56. The minimum Gasteiger partial charge on any atom is -0.439 e. The van der Waals surface area contributed by atoms with E-state index in [4.69, 9.17) is 10.5 Å². The molecule has 0 unspecified atom stereocenters. The van der Waals surface area contributed by atoms with E-state index >= 15 is 0 Å². The van der Waals surface area contributed by atoms with Crippen LogP contribution in [0.15, 0.2) is 42.6 Å². The van der Waals surface area contributed by atoms with Crippen LogP contribution in [0.4, 0.5) is 16.2 Å². The van der Waals surface area contributed by atoms with Crippen LogP contribution in [0.5, 0.6) is 11.6 Å². The number of nitrogens with zero attached hydrogens (tertiary/aromatic N) is 3. The van der Waals surface area contributed by atoms with Gasteiger partial charge in [0.25, 0.3) is 0 Å². The summed E-state index contributed by atoms with van der Waals surface area (Å²) in [6.45, 7) is 4.37. The summed E-state index contributed by atoms with van der Waals surface area (Å²) in [6.07, 6.45) is 1.71. The number of pyridine rings is 1. The first-order valence-corrected chi connectivity index (χ1v) is 7.74. The fraction of sp³-hybridized carbons (Fsp3) is 0.167. The summed E-state index contributed by atoms with van der Waals surface area (Å²) in [4.78, 5) is 12.6. The molecule has 0 saturated carbocycles. The molecule has 25 heavy (non-hydrogen) atoms. The third-order valence-corrected chi connectivity index (χ3v) is 3.70. The number of nitrogens with one attached hydrogen (secondary N) is 1. The third kappa shape index (κ3) is 4.20. The molecule has 3 rings (SSSR count). The third-order valence-electron chi connectivity index (χ3n) is 3.70. The molecule has 0 aliphatic rings. The van der Waals surface area contributed by atoms with E-state index in [0.717, 1.165) is 16.8 Å². The largest absolute Gasteiger partial charge is 0.439 e. The van der Waals surface area contributed by atoms with Gasteiger partial charge >= 0.3 is 0 Å². The van der Waals surface area contributed by atoms with Gasteiger partial charge < -0.3 is 15.8 Å². The molecular weight excluding hydrogens is 321 g/mol. The van der Waals surface area contributed by atoms with Crippen molar-refractivity contribution in [2.75, 3.05) is 11.1 Å². The number of hydrogen-bond acceptors (Lipinski definition) is 6. The standard InChI is InChI=1S/C18H18FN5O/c1-11-12(2)23-18(20)24-17(11)22-10-13-3-8-16(21-9-13)25-15-6-4-14(19)5-7-15/h3-9H,10H2,1-2H3,(H3,20,22,23,24). The highest BCUT2D eigenvalue weighted by atomic mass is 19.1. The molecule has 2 aromatic heterocycles. The quantitative estimate of drug-likeness (QED) is 0.738. The highest BCUT2D eigenvalue weighted by Crippen LogP contribution is 2.20. The number of nitrogens with two attached hydrogens (primary N) is 1. The monoisotopic (exact) mass is 339 g/mol. The summed E-state index contributed by atoms with van der Waals surface area (Å²) in [6, 6.07) is 9.43. The number of aryl methyl sites for hydroxylation is 1. The number of nitrogen functional groups attached to an aromatic ring is 1. The van der Waals surface area contributed by atoms with Crippen LogP contribution in [-0.2, 0) is 6.54 Å². The number of aromatic nitrogens is 3. The number of benzene rings is 1. The summed E-state index contributed by atoms with van der Waals surface area (Å²) in [5, 5.41) is 3.23. The maximum atomic E-state index is 12.9. The molecule has 128 valence electrons. The summed E-state index contributed by atoms with van der Waals surface area (Å²) >= 11 is 0. The molecule has 0 fully saturated rings. The van der Waals surface area contributed by atoms with E-state index in [9.17, 15) is 4.39 Å². The summed E-state index contributed by atoms with van der Waals surface area (Å²) in [7, 11) is 0. The lowest BCUT2D eigenvalue weighted by atomic mass is 10.2. The Bertz CT molecular complexity index is 866. The molecule has 0 atom stereocenters. The smallest absolute Gasteiger partial charge is 0.222 e. The second-order valence-corrected chi connectivity index (χ2v) is 5.56. The summed E-state index contributed by atoms with van der Waals surface area (Å²) in [5.41, 5.74) is 8.44. The minimum absolute atomic E-state index is 0.242. The van der Waals surface area contributed by atoms with Gasteiger partial charge in [-0.05, 0) is 43.7 Å². The Hall–Kier alpha value is -3.22. The number of halogens is 1. The fourth-order valence-electron chi connectivity index (χ4n) is 2.21.